The zero-order valence-corrected chi connectivity index (χ0v) is 10.4. The first-order valence-corrected chi connectivity index (χ1v) is 5.86. The van der Waals surface area contributed by atoms with Crippen molar-refractivity contribution in [2.24, 2.45) is 5.92 Å². The van der Waals surface area contributed by atoms with Crippen molar-refractivity contribution in [1.82, 2.24) is 0 Å². The molecule has 0 fully saturated rings. The number of hydrogen-bond acceptors (Lipinski definition) is 3. The molecule has 3 N–H and O–H groups in total. The van der Waals surface area contributed by atoms with Crippen LogP contribution in [-0.4, -0.2) is 12.5 Å². The third-order valence-corrected chi connectivity index (χ3v) is 2.99. The van der Waals surface area contributed by atoms with Crippen LogP contribution in [0.3, 0.4) is 0 Å². The third-order valence-electron chi connectivity index (χ3n) is 2.99. The highest BCUT2D eigenvalue weighted by Crippen LogP contribution is 2.37. The minimum Gasteiger partial charge on any atom is -0.488 e. The average Bonchev–Trinajstić information content (AvgIpc) is 2.39. The molecule has 1 heterocycles. The van der Waals surface area contributed by atoms with Crippen LogP contribution in [0.15, 0.2) is 12.1 Å². The molecule has 1 aromatic carbocycles. The van der Waals surface area contributed by atoms with E-state index in [0.717, 1.165) is 5.56 Å². The topological polar surface area (TPSA) is 64.3 Å². The zero-order chi connectivity index (χ0) is 12.6. The molecular weight excluding hydrogens is 216 g/mol. The van der Waals surface area contributed by atoms with Crippen molar-refractivity contribution in [3.63, 3.8) is 0 Å². The van der Waals surface area contributed by atoms with Gasteiger partial charge < -0.3 is 15.8 Å². The molecule has 1 atom stereocenters. The van der Waals surface area contributed by atoms with Gasteiger partial charge in [0.25, 0.3) is 0 Å². The number of nitrogens with one attached hydrogen (secondary N) is 1. The standard InChI is InChI=1S/C13H18N2O2/c1-7(2)9-4-10(14)12-11(5-9)15-13(16)8(3)6-17-12/h4-5,7-8H,6,14H2,1-3H3,(H,15,16). The van der Waals surface area contributed by atoms with Crippen molar-refractivity contribution in [3.05, 3.63) is 17.7 Å². The molecule has 4 heteroatoms. The van der Waals surface area contributed by atoms with E-state index in [4.69, 9.17) is 10.5 Å². The number of hydrogen-bond donors (Lipinski definition) is 2. The van der Waals surface area contributed by atoms with E-state index in [1.165, 1.54) is 0 Å². The van der Waals surface area contributed by atoms with Gasteiger partial charge in [-0.3, -0.25) is 4.79 Å². The molecule has 2 rings (SSSR count). The van der Waals surface area contributed by atoms with Gasteiger partial charge in [-0.15, -0.1) is 0 Å². The number of carbonyl (C=O) groups is 1. The Hall–Kier alpha value is -1.71. The minimum absolute atomic E-state index is 0.0240. The number of ether oxygens (including phenoxy) is 1. The quantitative estimate of drug-likeness (QED) is 0.733. The molecule has 0 aliphatic carbocycles. The molecule has 0 saturated heterocycles. The minimum atomic E-state index is -0.163. The van der Waals surface area contributed by atoms with Crippen LogP contribution in [-0.2, 0) is 4.79 Å². The van der Waals surface area contributed by atoms with Crippen LogP contribution < -0.4 is 15.8 Å². The second kappa shape index (κ2) is 4.28. The van der Waals surface area contributed by atoms with E-state index in [0.29, 0.717) is 29.6 Å². The largest absolute Gasteiger partial charge is 0.488 e. The van der Waals surface area contributed by atoms with Crippen molar-refractivity contribution in [2.75, 3.05) is 17.7 Å². The summed E-state index contributed by atoms with van der Waals surface area (Å²) in [6.45, 7) is 6.37. The molecule has 0 bridgehead atoms. The fourth-order valence-corrected chi connectivity index (χ4v) is 1.80. The number of anilines is 2. The number of amides is 1. The van der Waals surface area contributed by atoms with Gasteiger partial charge in [-0.25, -0.2) is 0 Å². The predicted molar refractivity (Wildman–Crippen MR) is 68.2 cm³/mol. The Morgan fingerprint density at radius 2 is 2.18 bits per heavy atom. The van der Waals surface area contributed by atoms with Gasteiger partial charge in [-0.1, -0.05) is 20.8 Å². The van der Waals surface area contributed by atoms with E-state index in [2.05, 4.69) is 19.2 Å². The first-order valence-electron chi connectivity index (χ1n) is 5.86. The Balaban J connectivity index is 2.46. The molecule has 1 amide bonds. The third kappa shape index (κ3) is 2.20. The number of nitrogens with two attached hydrogens (primary N) is 1. The maximum Gasteiger partial charge on any atom is 0.230 e. The molecule has 1 aliphatic rings. The summed E-state index contributed by atoms with van der Waals surface area (Å²) in [6, 6.07) is 3.85. The van der Waals surface area contributed by atoms with Crippen LogP contribution >= 0.6 is 0 Å². The van der Waals surface area contributed by atoms with Crippen LogP contribution in [0.25, 0.3) is 0 Å². The summed E-state index contributed by atoms with van der Waals surface area (Å²) in [7, 11) is 0. The molecule has 0 radical (unpaired) electrons. The molecule has 4 nitrogen and oxygen atoms in total. The highest BCUT2D eigenvalue weighted by Gasteiger charge is 2.23. The first kappa shape index (κ1) is 11.8. The molecule has 1 unspecified atom stereocenters. The molecule has 17 heavy (non-hydrogen) atoms. The highest BCUT2D eigenvalue weighted by molar-refractivity contribution is 5.96. The molecular formula is C13H18N2O2. The maximum absolute atomic E-state index is 11.7. The Morgan fingerprint density at radius 1 is 1.47 bits per heavy atom. The van der Waals surface area contributed by atoms with Crippen LogP contribution in [0, 0.1) is 5.92 Å². The van der Waals surface area contributed by atoms with Crippen molar-refractivity contribution in [1.29, 1.82) is 0 Å². The maximum atomic E-state index is 11.7. The Labute approximate surface area is 101 Å². The van der Waals surface area contributed by atoms with Gasteiger partial charge in [0.15, 0.2) is 5.75 Å². The molecule has 92 valence electrons. The van der Waals surface area contributed by atoms with Crippen molar-refractivity contribution >= 4 is 17.3 Å². The van der Waals surface area contributed by atoms with E-state index in [9.17, 15) is 4.79 Å². The van der Waals surface area contributed by atoms with Gasteiger partial charge in [-0.2, -0.15) is 0 Å². The van der Waals surface area contributed by atoms with Crippen molar-refractivity contribution in [3.8, 4) is 5.75 Å². The van der Waals surface area contributed by atoms with E-state index in [-0.39, 0.29) is 11.8 Å². The summed E-state index contributed by atoms with van der Waals surface area (Å²) in [5.74, 6) is 0.764. The monoisotopic (exact) mass is 234 g/mol. The summed E-state index contributed by atoms with van der Waals surface area (Å²) in [5, 5.41) is 2.86. The number of nitrogen functional groups attached to an aromatic ring is 1. The SMILES string of the molecule is CC1COc2c(N)cc(C(C)C)cc2NC1=O. The highest BCUT2D eigenvalue weighted by atomic mass is 16.5. The number of fused-ring (bicyclic) bond motifs is 1. The molecule has 1 aromatic rings. The lowest BCUT2D eigenvalue weighted by Gasteiger charge is -2.14. The number of benzene rings is 1. The number of carbonyl (C=O) groups excluding carboxylic acids is 1. The summed E-state index contributed by atoms with van der Waals surface area (Å²) in [4.78, 5) is 11.7. The summed E-state index contributed by atoms with van der Waals surface area (Å²) in [6.07, 6.45) is 0. The summed E-state index contributed by atoms with van der Waals surface area (Å²) < 4.78 is 5.59. The van der Waals surface area contributed by atoms with Gasteiger partial charge in [0.05, 0.1) is 23.9 Å². The summed E-state index contributed by atoms with van der Waals surface area (Å²) >= 11 is 0. The van der Waals surface area contributed by atoms with E-state index >= 15 is 0 Å². The van der Waals surface area contributed by atoms with Crippen molar-refractivity contribution < 1.29 is 9.53 Å². The molecule has 0 saturated carbocycles. The Bertz CT molecular complexity index is 455. The number of rotatable bonds is 1. The smallest absolute Gasteiger partial charge is 0.230 e. The van der Waals surface area contributed by atoms with Gasteiger partial charge in [0, 0.05) is 0 Å². The molecule has 0 spiro atoms. The first-order chi connectivity index (χ1) is 7.99. The Morgan fingerprint density at radius 3 is 2.82 bits per heavy atom. The van der Waals surface area contributed by atoms with E-state index < -0.39 is 0 Å². The Kier molecular flexibility index (Phi) is 2.96. The van der Waals surface area contributed by atoms with Gasteiger partial charge >= 0.3 is 0 Å². The second-order valence-electron chi connectivity index (χ2n) is 4.84. The second-order valence-corrected chi connectivity index (χ2v) is 4.84. The molecule has 0 aromatic heterocycles. The lowest BCUT2D eigenvalue weighted by atomic mass is 10.0. The van der Waals surface area contributed by atoms with Crippen LogP contribution in [0.1, 0.15) is 32.3 Å². The average molecular weight is 234 g/mol. The van der Waals surface area contributed by atoms with Crippen LogP contribution in [0.2, 0.25) is 0 Å². The lowest BCUT2D eigenvalue weighted by molar-refractivity contribution is -0.119. The fourth-order valence-electron chi connectivity index (χ4n) is 1.80. The van der Waals surface area contributed by atoms with Crippen LogP contribution in [0.4, 0.5) is 11.4 Å². The van der Waals surface area contributed by atoms with Gasteiger partial charge in [0.2, 0.25) is 5.91 Å². The van der Waals surface area contributed by atoms with Gasteiger partial charge in [0.1, 0.15) is 0 Å². The van der Waals surface area contributed by atoms with Crippen molar-refractivity contribution in [2.45, 2.75) is 26.7 Å². The molecule has 1 aliphatic heterocycles. The predicted octanol–water partition coefficient (Wildman–Crippen LogP) is 2.36. The van der Waals surface area contributed by atoms with E-state index in [1.807, 2.05) is 19.1 Å². The summed E-state index contributed by atoms with van der Waals surface area (Å²) in [5.41, 5.74) is 8.33. The normalized spacial score (nSPS) is 19.3. The van der Waals surface area contributed by atoms with E-state index in [1.54, 1.807) is 0 Å². The lowest BCUT2D eigenvalue weighted by Crippen LogP contribution is -2.22. The fraction of sp³-hybridized carbons (Fsp3) is 0.462. The van der Waals surface area contributed by atoms with Crippen LogP contribution in [0.5, 0.6) is 5.75 Å². The van der Waals surface area contributed by atoms with Gasteiger partial charge in [-0.05, 0) is 23.6 Å². The zero-order valence-electron chi connectivity index (χ0n) is 10.4.